The summed E-state index contributed by atoms with van der Waals surface area (Å²) in [4.78, 5) is 1.42. The second-order valence-corrected chi connectivity index (χ2v) is 4.30. The molecule has 0 amide bonds. The summed E-state index contributed by atoms with van der Waals surface area (Å²) in [5.74, 6) is 0.939. The van der Waals surface area contributed by atoms with Gasteiger partial charge in [0.15, 0.2) is 0 Å². The molecule has 0 aliphatic heterocycles. The minimum absolute atomic E-state index is 0. The van der Waals surface area contributed by atoms with Crippen molar-refractivity contribution in [1.29, 1.82) is 0 Å². The van der Waals surface area contributed by atoms with E-state index in [9.17, 15) is 0 Å². The van der Waals surface area contributed by atoms with Crippen LogP contribution in [0.5, 0.6) is 5.75 Å². The van der Waals surface area contributed by atoms with Crippen LogP contribution in [0.2, 0.25) is 0 Å². The summed E-state index contributed by atoms with van der Waals surface area (Å²) >= 11 is 0. The van der Waals surface area contributed by atoms with Crippen LogP contribution in [0.4, 0.5) is 0 Å². The molecule has 0 unspecified atom stereocenters. The lowest BCUT2D eigenvalue weighted by Crippen LogP contribution is -3.04. The fourth-order valence-corrected chi connectivity index (χ4v) is 1.19. The monoisotopic (exact) mass is 260 g/mol. The van der Waals surface area contributed by atoms with Crippen LogP contribution in [0.1, 0.15) is 24.8 Å². The van der Waals surface area contributed by atoms with E-state index in [-0.39, 0.29) is 18.6 Å². The van der Waals surface area contributed by atoms with Crippen molar-refractivity contribution >= 4 is 0 Å². The van der Waals surface area contributed by atoms with Crippen LogP contribution in [0.15, 0.2) is 24.3 Å². The Labute approximate surface area is 111 Å². The van der Waals surface area contributed by atoms with Gasteiger partial charge < -0.3 is 28.2 Å². The quantitative estimate of drug-likeness (QED) is 0.708. The second-order valence-electron chi connectivity index (χ2n) is 4.30. The average Bonchev–Trinajstić information content (AvgIpc) is 3.04. The van der Waals surface area contributed by atoms with Crippen molar-refractivity contribution in [3.8, 4) is 5.75 Å². The van der Waals surface area contributed by atoms with Crippen molar-refractivity contribution in [2.45, 2.75) is 25.8 Å². The molecule has 1 aromatic rings. The minimum atomic E-state index is 0. The molecule has 0 heterocycles. The molecule has 1 fully saturated rings. The van der Waals surface area contributed by atoms with E-state index >= 15 is 0 Å². The molecule has 1 aliphatic rings. The first-order chi connectivity index (χ1) is 7.22. The van der Waals surface area contributed by atoms with Gasteiger partial charge in [0.1, 0.15) is 12.3 Å². The highest BCUT2D eigenvalue weighted by Crippen LogP contribution is 2.14. The molecule has 1 aromatic carbocycles. The zero-order chi connectivity index (χ0) is 11.1. The van der Waals surface area contributed by atoms with Crippen molar-refractivity contribution in [2.75, 3.05) is 21.2 Å². The molecule has 4 N–H and O–H groups in total. The Balaban J connectivity index is 0. The molecule has 2 rings (SSSR count). The average molecular weight is 261 g/mol. The number of methoxy groups -OCH3 is 1. The third-order valence-electron chi connectivity index (χ3n) is 2.05. The van der Waals surface area contributed by atoms with E-state index in [1.165, 1.54) is 29.7 Å². The van der Waals surface area contributed by atoms with Gasteiger partial charge in [0.2, 0.25) is 0 Å². The molecule has 1 aliphatic carbocycles. The van der Waals surface area contributed by atoms with Crippen molar-refractivity contribution < 1.29 is 22.0 Å². The van der Waals surface area contributed by atoms with Crippen molar-refractivity contribution in [1.82, 2.24) is 6.15 Å². The number of benzene rings is 1. The first-order valence-electron chi connectivity index (χ1n) is 5.64. The normalized spacial score (nSPS) is 11.5. The molecule has 0 aromatic heterocycles. The Bertz CT molecular complexity index is 288. The zero-order valence-electron chi connectivity index (χ0n) is 11.1. The predicted molar refractivity (Wildman–Crippen MR) is 68.4 cm³/mol. The zero-order valence-corrected chi connectivity index (χ0v) is 11.9. The van der Waals surface area contributed by atoms with Crippen molar-refractivity contribution in [3.05, 3.63) is 29.8 Å². The third-order valence-corrected chi connectivity index (χ3v) is 2.05. The highest BCUT2D eigenvalue weighted by atomic mass is 35.5. The van der Waals surface area contributed by atoms with Crippen LogP contribution in [-0.4, -0.2) is 21.2 Å². The number of hydrogen-bond donors (Lipinski definition) is 2. The molecule has 4 heteroatoms. The minimum Gasteiger partial charge on any atom is -1.00 e. The second kappa shape index (κ2) is 10.4. The summed E-state index contributed by atoms with van der Waals surface area (Å²) in [5.41, 5.74) is 1.31. The van der Waals surface area contributed by atoms with E-state index in [0.29, 0.717) is 0 Å². The van der Waals surface area contributed by atoms with Gasteiger partial charge in [-0.2, -0.15) is 0 Å². The maximum atomic E-state index is 5.13. The highest BCUT2D eigenvalue weighted by Gasteiger charge is 1.98. The standard InChI is InChI=1S/C10H15NO.C3H6.ClH.H3N/c1-11(2)8-9-5-4-6-10(7-9)12-3;1-2-3-1;;/h4-7H,8H2,1-3H3;1-3H2;1H;1H3. The fraction of sp³-hybridized carbons (Fsp3) is 0.538. The largest absolute Gasteiger partial charge is 1.00 e. The van der Waals surface area contributed by atoms with Crippen molar-refractivity contribution in [3.63, 3.8) is 0 Å². The van der Waals surface area contributed by atoms with Crippen LogP contribution in [0.3, 0.4) is 0 Å². The molecular weight excluding hydrogens is 236 g/mol. The van der Waals surface area contributed by atoms with Crippen LogP contribution in [0.25, 0.3) is 0 Å². The molecule has 0 atom stereocenters. The van der Waals surface area contributed by atoms with Gasteiger partial charge >= 0.3 is 0 Å². The molecule has 3 nitrogen and oxygen atoms in total. The number of quaternary nitrogens is 1. The molecule has 17 heavy (non-hydrogen) atoms. The van der Waals surface area contributed by atoms with Gasteiger partial charge in [0, 0.05) is 5.56 Å². The molecule has 1 saturated carbocycles. The van der Waals surface area contributed by atoms with E-state index < -0.39 is 0 Å². The number of hydrogen-bond acceptors (Lipinski definition) is 2. The SMILES string of the molecule is C1CC1.COc1cccc(C[NH+](C)C)c1.N.[Cl-]. The van der Waals surface area contributed by atoms with Gasteiger partial charge in [-0.25, -0.2) is 0 Å². The van der Waals surface area contributed by atoms with Gasteiger partial charge in [-0.1, -0.05) is 31.4 Å². The first kappa shape index (κ1) is 18.6. The molecule has 0 bridgehead atoms. The van der Waals surface area contributed by atoms with E-state index in [1.807, 2.05) is 12.1 Å². The maximum Gasteiger partial charge on any atom is 0.119 e. The summed E-state index contributed by atoms with van der Waals surface area (Å²) < 4.78 is 5.13. The van der Waals surface area contributed by atoms with Gasteiger partial charge in [0.05, 0.1) is 21.2 Å². The summed E-state index contributed by atoms with van der Waals surface area (Å²) in [5, 5.41) is 0. The Morgan fingerprint density at radius 1 is 1.18 bits per heavy atom. The lowest BCUT2D eigenvalue weighted by molar-refractivity contribution is -0.872. The van der Waals surface area contributed by atoms with Crippen molar-refractivity contribution in [2.24, 2.45) is 0 Å². The Kier molecular flexibility index (Phi) is 11.4. The maximum absolute atomic E-state index is 5.13. The molecule has 0 saturated heterocycles. The smallest absolute Gasteiger partial charge is 0.119 e. The van der Waals surface area contributed by atoms with Gasteiger partial charge in [-0.05, 0) is 12.1 Å². The molecule has 100 valence electrons. The van der Waals surface area contributed by atoms with Crippen LogP contribution < -0.4 is 28.2 Å². The van der Waals surface area contributed by atoms with Crippen LogP contribution in [0, 0.1) is 0 Å². The van der Waals surface area contributed by atoms with Crippen LogP contribution >= 0.6 is 0 Å². The molecule has 0 radical (unpaired) electrons. The topological polar surface area (TPSA) is 48.7 Å². The van der Waals surface area contributed by atoms with Crippen LogP contribution in [-0.2, 0) is 6.54 Å². The number of nitrogens with one attached hydrogen (secondary N) is 1. The number of halogens is 1. The predicted octanol–water partition coefficient (Wildman–Crippen LogP) is -1.32. The van der Waals surface area contributed by atoms with E-state index in [4.69, 9.17) is 4.74 Å². The summed E-state index contributed by atoms with van der Waals surface area (Å²) in [7, 11) is 5.97. The lowest BCUT2D eigenvalue weighted by atomic mass is 10.2. The van der Waals surface area contributed by atoms with E-state index in [1.54, 1.807) is 7.11 Å². The third kappa shape index (κ3) is 10.1. The summed E-state index contributed by atoms with van der Waals surface area (Å²) in [6.07, 6.45) is 4.50. The first-order valence-corrected chi connectivity index (χ1v) is 5.64. The summed E-state index contributed by atoms with van der Waals surface area (Å²) in [6, 6.07) is 8.19. The van der Waals surface area contributed by atoms with Gasteiger partial charge in [-0.15, -0.1) is 0 Å². The Hall–Kier alpha value is -0.770. The molecular formula is C13H25ClN2O. The molecule has 0 spiro atoms. The Morgan fingerprint density at radius 2 is 1.76 bits per heavy atom. The van der Waals surface area contributed by atoms with Gasteiger partial charge in [0.25, 0.3) is 0 Å². The Morgan fingerprint density at radius 3 is 2.18 bits per heavy atom. The van der Waals surface area contributed by atoms with Gasteiger partial charge in [-0.3, -0.25) is 0 Å². The van der Waals surface area contributed by atoms with E-state index in [0.717, 1.165) is 12.3 Å². The summed E-state index contributed by atoms with van der Waals surface area (Å²) in [6.45, 7) is 1.04. The number of rotatable bonds is 3. The van der Waals surface area contributed by atoms with E-state index in [2.05, 4.69) is 26.2 Å². The lowest BCUT2D eigenvalue weighted by Gasteiger charge is -2.07. The number of ether oxygens (including phenoxy) is 1. The fourth-order valence-electron chi connectivity index (χ4n) is 1.19. The highest BCUT2D eigenvalue weighted by molar-refractivity contribution is 5.27.